The van der Waals surface area contributed by atoms with Crippen molar-refractivity contribution in [2.24, 2.45) is 5.10 Å². The fourth-order valence-electron chi connectivity index (χ4n) is 3.65. The fourth-order valence-corrected chi connectivity index (χ4v) is 3.78. The molecule has 0 bridgehead atoms. The number of halogens is 1. The van der Waals surface area contributed by atoms with Gasteiger partial charge in [-0.3, -0.25) is 9.59 Å². The third kappa shape index (κ3) is 6.22. The highest BCUT2D eigenvalue weighted by atomic mass is 35.5. The maximum absolute atomic E-state index is 13.1. The topological polar surface area (TPSA) is 70.6 Å². The van der Waals surface area contributed by atoms with Gasteiger partial charge in [0.15, 0.2) is 0 Å². The van der Waals surface area contributed by atoms with Crippen molar-refractivity contribution in [3.63, 3.8) is 0 Å². The molecule has 35 heavy (non-hydrogen) atoms. The zero-order chi connectivity index (χ0) is 24.6. The van der Waals surface area contributed by atoms with Crippen molar-refractivity contribution in [2.45, 2.75) is 12.8 Å². The van der Waals surface area contributed by atoms with E-state index in [1.807, 2.05) is 79.7 Å². The van der Waals surface area contributed by atoms with Gasteiger partial charge >= 0.3 is 0 Å². The molecule has 4 aromatic carbocycles. The van der Waals surface area contributed by atoms with Crippen LogP contribution < -0.4 is 10.7 Å². The molecule has 0 saturated carbocycles. The van der Waals surface area contributed by atoms with E-state index in [-0.39, 0.29) is 11.8 Å². The predicted molar refractivity (Wildman–Crippen MR) is 141 cm³/mol. The quantitative estimate of drug-likeness (QED) is 0.241. The molecule has 0 heterocycles. The molecule has 2 N–H and O–H groups in total. The Balaban J connectivity index is 1.44. The smallest absolute Gasteiger partial charge is 0.255 e. The van der Waals surface area contributed by atoms with E-state index >= 15 is 0 Å². The molecule has 0 spiro atoms. The van der Waals surface area contributed by atoms with E-state index in [1.165, 1.54) is 0 Å². The van der Waals surface area contributed by atoms with Gasteiger partial charge in [-0.05, 0) is 60.0 Å². The number of amides is 2. The molecule has 5 nitrogen and oxygen atoms in total. The monoisotopic (exact) mass is 481 g/mol. The van der Waals surface area contributed by atoms with Crippen LogP contribution in [-0.2, 0) is 4.79 Å². The number of nitrogens with one attached hydrogen (secondary N) is 2. The minimum Gasteiger partial charge on any atom is -0.322 e. The summed E-state index contributed by atoms with van der Waals surface area (Å²) in [6.45, 7) is 1.82. The summed E-state index contributed by atoms with van der Waals surface area (Å²) in [5.41, 5.74) is 7.15. The minimum atomic E-state index is -0.473. The van der Waals surface area contributed by atoms with Gasteiger partial charge in [-0.1, -0.05) is 84.4 Å². The SMILES string of the molecule is CC(=NNC(=O)C(c1ccccc1)c1ccccc1)c1ccc(NC(=O)c2ccc(Cl)cc2)cc1. The maximum Gasteiger partial charge on any atom is 0.255 e. The van der Waals surface area contributed by atoms with Crippen molar-refractivity contribution >= 4 is 34.8 Å². The van der Waals surface area contributed by atoms with Crippen LogP contribution in [0.5, 0.6) is 0 Å². The zero-order valence-electron chi connectivity index (χ0n) is 19.1. The van der Waals surface area contributed by atoms with Gasteiger partial charge in [0.05, 0.1) is 11.6 Å². The summed E-state index contributed by atoms with van der Waals surface area (Å²) in [5.74, 6) is -0.909. The Kier molecular flexibility index (Phi) is 7.70. The number of rotatable bonds is 7. The summed E-state index contributed by atoms with van der Waals surface area (Å²) in [7, 11) is 0. The Morgan fingerprint density at radius 3 is 1.77 bits per heavy atom. The van der Waals surface area contributed by atoms with E-state index < -0.39 is 5.92 Å². The molecule has 2 amide bonds. The van der Waals surface area contributed by atoms with Crippen molar-refractivity contribution in [3.05, 3.63) is 136 Å². The van der Waals surface area contributed by atoms with Crippen molar-refractivity contribution in [1.29, 1.82) is 0 Å². The summed E-state index contributed by atoms with van der Waals surface area (Å²) >= 11 is 5.88. The Morgan fingerprint density at radius 1 is 0.714 bits per heavy atom. The van der Waals surface area contributed by atoms with Crippen molar-refractivity contribution in [3.8, 4) is 0 Å². The van der Waals surface area contributed by atoms with Crippen LogP contribution >= 0.6 is 11.6 Å². The Morgan fingerprint density at radius 2 is 1.23 bits per heavy atom. The molecule has 0 radical (unpaired) electrons. The minimum absolute atomic E-state index is 0.214. The van der Waals surface area contributed by atoms with Crippen LogP contribution in [0.1, 0.15) is 39.9 Å². The number of nitrogens with zero attached hydrogens (tertiary/aromatic N) is 1. The summed E-state index contributed by atoms with van der Waals surface area (Å²) < 4.78 is 0. The van der Waals surface area contributed by atoms with E-state index in [4.69, 9.17) is 11.6 Å². The maximum atomic E-state index is 13.1. The Bertz CT molecular complexity index is 1280. The van der Waals surface area contributed by atoms with Crippen LogP contribution in [0.25, 0.3) is 0 Å². The van der Waals surface area contributed by atoms with Crippen LogP contribution in [0, 0.1) is 0 Å². The van der Waals surface area contributed by atoms with Gasteiger partial charge in [0.25, 0.3) is 11.8 Å². The lowest BCUT2D eigenvalue weighted by atomic mass is 9.91. The first-order chi connectivity index (χ1) is 17.0. The lowest BCUT2D eigenvalue weighted by molar-refractivity contribution is -0.121. The van der Waals surface area contributed by atoms with Gasteiger partial charge in [0.1, 0.15) is 0 Å². The second-order valence-corrected chi connectivity index (χ2v) is 8.40. The largest absolute Gasteiger partial charge is 0.322 e. The number of hydrogen-bond acceptors (Lipinski definition) is 3. The van der Waals surface area contributed by atoms with Crippen molar-refractivity contribution in [1.82, 2.24) is 5.43 Å². The fraction of sp³-hybridized carbons (Fsp3) is 0.0690. The van der Waals surface area contributed by atoms with Gasteiger partial charge < -0.3 is 5.32 Å². The summed E-state index contributed by atoms with van der Waals surface area (Å²) in [5, 5.41) is 7.76. The molecule has 0 aliphatic carbocycles. The standard InChI is InChI=1S/C29H24ClN3O2/c1-20(21-14-18-26(19-15-21)31-28(34)24-12-16-25(30)17-13-24)32-33-29(35)27(22-8-4-2-5-9-22)23-10-6-3-7-11-23/h2-19,27H,1H3,(H,31,34)(H,33,35). The van der Waals surface area contributed by atoms with Crippen molar-refractivity contribution < 1.29 is 9.59 Å². The second kappa shape index (κ2) is 11.3. The Labute approximate surface area is 209 Å². The van der Waals surface area contributed by atoms with Gasteiger partial charge in [0, 0.05) is 16.3 Å². The zero-order valence-corrected chi connectivity index (χ0v) is 19.9. The van der Waals surface area contributed by atoms with Gasteiger partial charge in [-0.25, -0.2) is 5.43 Å². The molecule has 0 aromatic heterocycles. The first-order valence-electron chi connectivity index (χ1n) is 11.1. The number of hydrogen-bond donors (Lipinski definition) is 2. The van der Waals surface area contributed by atoms with Gasteiger partial charge in [-0.15, -0.1) is 0 Å². The van der Waals surface area contributed by atoms with Crippen LogP contribution in [0.3, 0.4) is 0 Å². The first kappa shape index (κ1) is 23.9. The highest BCUT2D eigenvalue weighted by molar-refractivity contribution is 6.30. The number of carbonyl (C=O) groups excluding carboxylic acids is 2. The van der Waals surface area contributed by atoms with E-state index in [2.05, 4.69) is 15.8 Å². The summed E-state index contributed by atoms with van der Waals surface area (Å²) in [4.78, 5) is 25.5. The second-order valence-electron chi connectivity index (χ2n) is 7.97. The van der Waals surface area contributed by atoms with Crippen LogP contribution in [0.4, 0.5) is 5.69 Å². The highest BCUT2D eigenvalue weighted by Crippen LogP contribution is 2.24. The lowest BCUT2D eigenvalue weighted by Gasteiger charge is -2.16. The van der Waals surface area contributed by atoms with E-state index in [9.17, 15) is 9.59 Å². The number of carbonyl (C=O) groups is 2. The molecular weight excluding hydrogens is 458 g/mol. The molecule has 174 valence electrons. The molecule has 0 aliphatic rings. The molecule has 0 atom stereocenters. The molecule has 6 heteroatoms. The summed E-state index contributed by atoms with van der Waals surface area (Å²) in [6.07, 6.45) is 0. The van der Waals surface area contributed by atoms with Crippen LogP contribution in [-0.4, -0.2) is 17.5 Å². The third-order valence-corrected chi connectivity index (χ3v) is 5.78. The average Bonchev–Trinajstić information content (AvgIpc) is 2.89. The first-order valence-corrected chi connectivity index (χ1v) is 11.5. The number of anilines is 1. The lowest BCUT2D eigenvalue weighted by Crippen LogP contribution is -2.27. The molecule has 0 fully saturated rings. The van der Waals surface area contributed by atoms with E-state index in [1.54, 1.807) is 36.4 Å². The molecular formula is C29H24ClN3O2. The Hall–Kier alpha value is -4.22. The van der Waals surface area contributed by atoms with Crippen molar-refractivity contribution in [2.75, 3.05) is 5.32 Å². The van der Waals surface area contributed by atoms with E-state index in [0.29, 0.717) is 22.0 Å². The number of hydrazone groups is 1. The van der Waals surface area contributed by atoms with Crippen LogP contribution in [0.15, 0.2) is 114 Å². The van der Waals surface area contributed by atoms with Gasteiger partial charge in [-0.2, -0.15) is 5.10 Å². The highest BCUT2D eigenvalue weighted by Gasteiger charge is 2.22. The average molecular weight is 482 g/mol. The predicted octanol–water partition coefficient (Wildman–Crippen LogP) is 6.26. The normalized spacial score (nSPS) is 11.2. The third-order valence-electron chi connectivity index (χ3n) is 5.53. The molecule has 0 unspecified atom stereocenters. The van der Waals surface area contributed by atoms with E-state index in [0.717, 1.165) is 16.7 Å². The summed E-state index contributed by atoms with van der Waals surface area (Å²) in [6, 6.07) is 33.2. The molecule has 0 aliphatic heterocycles. The molecule has 4 aromatic rings. The number of benzene rings is 4. The molecule has 4 rings (SSSR count). The van der Waals surface area contributed by atoms with Crippen LogP contribution in [0.2, 0.25) is 5.02 Å². The van der Waals surface area contributed by atoms with Gasteiger partial charge in [0.2, 0.25) is 0 Å². The molecule has 0 saturated heterocycles.